The van der Waals surface area contributed by atoms with Gasteiger partial charge in [0.25, 0.3) is 0 Å². The first kappa shape index (κ1) is 16.0. The number of imidazole rings is 1. The fourth-order valence-electron chi connectivity index (χ4n) is 3.81. The molecule has 26 heavy (non-hydrogen) atoms. The van der Waals surface area contributed by atoms with Gasteiger partial charge in [-0.25, -0.2) is 9.97 Å². The maximum atomic E-state index is 4.99. The topological polar surface area (TPSA) is 61.8 Å². The molecule has 7 heteroatoms. The smallest absolute Gasteiger partial charge is 0.157 e. The number of piperazine rings is 1. The van der Waals surface area contributed by atoms with Crippen LogP contribution < -0.4 is 5.32 Å². The Labute approximate surface area is 155 Å². The fourth-order valence-corrected chi connectivity index (χ4v) is 4.69. The largest absolute Gasteiger partial charge is 0.359 e. The summed E-state index contributed by atoms with van der Waals surface area (Å²) in [5, 5.41) is 5.55. The van der Waals surface area contributed by atoms with Crippen molar-refractivity contribution in [3.8, 4) is 11.5 Å². The van der Waals surface area contributed by atoms with Crippen molar-refractivity contribution < 1.29 is 0 Å². The van der Waals surface area contributed by atoms with Crippen LogP contribution in [-0.2, 0) is 6.54 Å². The molecule has 2 N–H and O–H groups in total. The number of H-pyrrole nitrogens is 1. The van der Waals surface area contributed by atoms with Crippen LogP contribution in [0.2, 0.25) is 0 Å². The van der Waals surface area contributed by atoms with Gasteiger partial charge in [0, 0.05) is 45.5 Å². The molecule has 1 fully saturated rings. The maximum absolute atomic E-state index is 4.99. The highest BCUT2D eigenvalue weighted by Crippen LogP contribution is 2.33. The number of aryl methyl sites for hydroxylation is 1. The molecule has 0 aliphatic carbocycles. The van der Waals surface area contributed by atoms with E-state index in [-0.39, 0.29) is 0 Å². The number of nitrogens with one attached hydrogen (secondary N) is 2. The molecule has 1 aliphatic heterocycles. The minimum Gasteiger partial charge on any atom is -0.359 e. The number of hydrogen-bond donors (Lipinski definition) is 2. The Kier molecular flexibility index (Phi) is 4.00. The van der Waals surface area contributed by atoms with E-state index in [2.05, 4.69) is 44.2 Å². The number of thiophene rings is 1. The Balaban J connectivity index is 1.65. The Morgan fingerprint density at radius 3 is 2.85 bits per heavy atom. The first-order chi connectivity index (χ1) is 12.8. The number of pyridine rings is 1. The van der Waals surface area contributed by atoms with Crippen molar-refractivity contribution in [2.45, 2.75) is 13.5 Å². The van der Waals surface area contributed by atoms with Crippen molar-refractivity contribution in [1.29, 1.82) is 0 Å². The molecule has 0 saturated carbocycles. The number of nitrogens with zero attached hydrogens (tertiary/aromatic N) is 4. The molecule has 1 aliphatic rings. The van der Waals surface area contributed by atoms with Gasteiger partial charge in [-0.3, -0.25) is 4.90 Å². The average Bonchev–Trinajstić information content (AvgIpc) is 3.39. The summed E-state index contributed by atoms with van der Waals surface area (Å²) in [6.07, 6.45) is 1.96. The molecule has 5 heterocycles. The molecule has 0 aromatic carbocycles. The van der Waals surface area contributed by atoms with Crippen molar-refractivity contribution >= 4 is 32.6 Å². The summed E-state index contributed by atoms with van der Waals surface area (Å²) in [6.45, 7) is 8.40. The molecule has 0 unspecified atom stereocenters. The van der Waals surface area contributed by atoms with Gasteiger partial charge in [0.05, 0.1) is 27.1 Å². The van der Waals surface area contributed by atoms with E-state index in [0.29, 0.717) is 0 Å². The molecule has 134 valence electrons. The second-order valence-electron chi connectivity index (χ2n) is 6.79. The molecule has 0 bridgehead atoms. The van der Waals surface area contributed by atoms with Crippen LogP contribution in [0.15, 0.2) is 29.8 Å². The standard InChI is InChI=1S/C19H22N6S/c1-13-16-17(18-14(22-13)4-12-26-18)25(11-10-24-8-6-20-7-9-24)19(23-16)15-3-2-5-21-15/h2-5,12,20-21H,6-11H2,1H3. The third-order valence-electron chi connectivity index (χ3n) is 5.15. The third kappa shape index (κ3) is 2.63. The molecule has 4 aromatic heterocycles. The van der Waals surface area contributed by atoms with Gasteiger partial charge < -0.3 is 14.9 Å². The molecule has 5 rings (SSSR count). The highest BCUT2D eigenvalue weighted by atomic mass is 32.1. The number of fused-ring (bicyclic) bond motifs is 3. The zero-order valence-corrected chi connectivity index (χ0v) is 15.6. The first-order valence-corrected chi connectivity index (χ1v) is 10.00. The maximum Gasteiger partial charge on any atom is 0.157 e. The van der Waals surface area contributed by atoms with E-state index in [4.69, 9.17) is 9.97 Å². The van der Waals surface area contributed by atoms with Crippen LogP contribution in [0.1, 0.15) is 5.69 Å². The Bertz CT molecular complexity index is 1040. The van der Waals surface area contributed by atoms with Crippen molar-refractivity contribution in [3.63, 3.8) is 0 Å². The predicted molar refractivity (Wildman–Crippen MR) is 107 cm³/mol. The normalized spacial score (nSPS) is 16.0. The van der Waals surface area contributed by atoms with Crippen molar-refractivity contribution in [3.05, 3.63) is 35.5 Å². The van der Waals surface area contributed by atoms with Gasteiger partial charge in [-0.15, -0.1) is 11.3 Å². The van der Waals surface area contributed by atoms with E-state index in [0.717, 1.165) is 67.5 Å². The summed E-state index contributed by atoms with van der Waals surface area (Å²) in [6, 6.07) is 6.23. The Morgan fingerprint density at radius 2 is 2.04 bits per heavy atom. The quantitative estimate of drug-likeness (QED) is 0.583. The van der Waals surface area contributed by atoms with Crippen LogP contribution in [0.25, 0.3) is 32.8 Å². The van der Waals surface area contributed by atoms with E-state index in [1.165, 1.54) is 10.2 Å². The van der Waals surface area contributed by atoms with Crippen LogP contribution >= 0.6 is 11.3 Å². The molecule has 0 amide bonds. The lowest BCUT2D eigenvalue weighted by atomic mass is 10.3. The molecule has 4 aromatic rings. The van der Waals surface area contributed by atoms with Crippen molar-refractivity contribution in [1.82, 2.24) is 29.7 Å². The monoisotopic (exact) mass is 366 g/mol. The molecule has 0 radical (unpaired) electrons. The summed E-state index contributed by atoms with van der Waals surface area (Å²) in [5.41, 5.74) is 5.37. The zero-order chi connectivity index (χ0) is 17.5. The van der Waals surface area contributed by atoms with E-state index < -0.39 is 0 Å². The Hall–Kier alpha value is -2.22. The second kappa shape index (κ2) is 6.50. The molecule has 1 saturated heterocycles. The van der Waals surface area contributed by atoms with Gasteiger partial charge in [0.15, 0.2) is 5.82 Å². The van der Waals surface area contributed by atoms with E-state index in [9.17, 15) is 0 Å². The Morgan fingerprint density at radius 1 is 1.15 bits per heavy atom. The third-order valence-corrected chi connectivity index (χ3v) is 6.06. The molecular formula is C19H22N6S. The van der Waals surface area contributed by atoms with Gasteiger partial charge in [-0.2, -0.15) is 0 Å². The minimum atomic E-state index is 0.932. The molecule has 0 atom stereocenters. The van der Waals surface area contributed by atoms with Crippen molar-refractivity contribution in [2.75, 3.05) is 32.7 Å². The fraction of sp³-hybridized carbons (Fsp3) is 0.368. The lowest BCUT2D eigenvalue weighted by Gasteiger charge is -2.27. The van der Waals surface area contributed by atoms with Crippen LogP contribution in [-0.4, -0.2) is 57.1 Å². The molecular weight excluding hydrogens is 344 g/mol. The van der Waals surface area contributed by atoms with Gasteiger partial charge in [-0.05, 0) is 30.5 Å². The highest BCUT2D eigenvalue weighted by Gasteiger charge is 2.20. The van der Waals surface area contributed by atoms with Crippen LogP contribution in [0.5, 0.6) is 0 Å². The lowest BCUT2D eigenvalue weighted by molar-refractivity contribution is 0.233. The van der Waals surface area contributed by atoms with Gasteiger partial charge >= 0.3 is 0 Å². The molecule has 6 nitrogen and oxygen atoms in total. The summed E-state index contributed by atoms with van der Waals surface area (Å²) in [5.74, 6) is 1.01. The summed E-state index contributed by atoms with van der Waals surface area (Å²) in [7, 11) is 0. The van der Waals surface area contributed by atoms with Gasteiger partial charge in [-0.1, -0.05) is 0 Å². The van der Waals surface area contributed by atoms with Gasteiger partial charge in [0.2, 0.25) is 0 Å². The van der Waals surface area contributed by atoms with E-state index >= 15 is 0 Å². The van der Waals surface area contributed by atoms with E-state index in [1.54, 1.807) is 11.3 Å². The average molecular weight is 366 g/mol. The van der Waals surface area contributed by atoms with Gasteiger partial charge in [0.1, 0.15) is 5.52 Å². The number of hydrogen-bond acceptors (Lipinski definition) is 5. The van der Waals surface area contributed by atoms with Crippen LogP contribution in [0.3, 0.4) is 0 Å². The number of aromatic amines is 1. The number of rotatable bonds is 4. The predicted octanol–water partition coefficient (Wildman–Crippen LogP) is 2.85. The lowest BCUT2D eigenvalue weighted by Crippen LogP contribution is -2.44. The second-order valence-corrected chi connectivity index (χ2v) is 7.71. The summed E-state index contributed by atoms with van der Waals surface area (Å²) >= 11 is 1.75. The highest BCUT2D eigenvalue weighted by molar-refractivity contribution is 7.18. The summed E-state index contributed by atoms with van der Waals surface area (Å²) in [4.78, 5) is 15.6. The molecule has 0 spiro atoms. The first-order valence-electron chi connectivity index (χ1n) is 9.12. The van der Waals surface area contributed by atoms with E-state index in [1.807, 2.05) is 12.3 Å². The SMILES string of the molecule is Cc1nc2ccsc2c2c1nc(-c1ccc[nH]1)n2CCN1CCNCC1. The summed E-state index contributed by atoms with van der Waals surface area (Å²) < 4.78 is 3.62. The van der Waals surface area contributed by atoms with Crippen molar-refractivity contribution in [2.24, 2.45) is 0 Å². The number of aromatic nitrogens is 4. The minimum absolute atomic E-state index is 0.932. The van der Waals surface area contributed by atoms with Crippen LogP contribution in [0, 0.1) is 6.92 Å². The zero-order valence-electron chi connectivity index (χ0n) is 14.8. The van der Waals surface area contributed by atoms with Crippen LogP contribution in [0.4, 0.5) is 0 Å².